The van der Waals surface area contributed by atoms with E-state index in [0.29, 0.717) is 5.69 Å². The second kappa shape index (κ2) is 7.26. The highest BCUT2D eigenvalue weighted by atomic mass is 16.2. The zero-order valence-electron chi connectivity index (χ0n) is 15.0. The van der Waals surface area contributed by atoms with Crippen LogP contribution in [-0.2, 0) is 13.6 Å². The Morgan fingerprint density at radius 2 is 1.81 bits per heavy atom. The number of anilines is 1. The van der Waals surface area contributed by atoms with Crippen LogP contribution < -0.4 is 16.2 Å². The highest BCUT2D eigenvalue weighted by Gasteiger charge is 2.17. The van der Waals surface area contributed by atoms with Crippen molar-refractivity contribution in [2.75, 3.05) is 5.32 Å². The maximum absolute atomic E-state index is 12.8. The summed E-state index contributed by atoms with van der Waals surface area (Å²) in [6, 6.07) is 14.5. The fraction of sp³-hybridized carbons (Fsp3) is 0.211. The molecular formula is C19H21N5O2. The Balaban J connectivity index is 1.78. The number of carbonyl (C=O) groups is 1. The number of nitrogens with one attached hydrogen (secondary N) is 2. The lowest BCUT2D eigenvalue weighted by Crippen LogP contribution is -2.31. The first-order valence-electron chi connectivity index (χ1n) is 8.29. The van der Waals surface area contributed by atoms with E-state index in [-0.39, 0.29) is 17.8 Å². The lowest BCUT2D eigenvalue weighted by molar-refractivity contribution is 0.251. The van der Waals surface area contributed by atoms with Gasteiger partial charge in [-0.2, -0.15) is 0 Å². The summed E-state index contributed by atoms with van der Waals surface area (Å²) in [5, 5.41) is 5.39. The van der Waals surface area contributed by atoms with Gasteiger partial charge in [0.2, 0.25) is 0 Å². The zero-order valence-corrected chi connectivity index (χ0v) is 15.0. The third kappa shape index (κ3) is 3.51. The van der Waals surface area contributed by atoms with Gasteiger partial charge in [0.15, 0.2) is 0 Å². The normalized spacial score (nSPS) is 10.6. The van der Waals surface area contributed by atoms with E-state index >= 15 is 0 Å². The van der Waals surface area contributed by atoms with Gasteiger partial charge in [0.25, 0.3) is 5.56 Å². The van der Waals surface area contributed by atoms with Crippen LogP contribution in [0, 0.1) is 13.8 Å². The molecule has 0 saturated heterocycles. The molecule has 1 aromatic carbocycles. The summed E-state index contributed by atoms with van der Waals surface area (Å²) in [4.78, 5) is 29.3. The summed E-state index contributed by atoms with van der Waals surface area (Å²) in [5.74, 6) is 0. The minimum absolute atomic E-state index is 0.256. The molecule has 0 radical (unpaired) electrons. The SMILES string of the molecule is Cc1cccc(CNC(=O)Nc2c(C)n(C)n(-c3ccccc3)c2=O)n1. The molecule has 2 aromatic heterocycles. The molecule has 134 valence electrons. The van der Waals surface area contributed by atoms with Crippen molar-refractivity contribution in [3.05, 3.63) is 76.0 Å². The first-order valence-corrected chi connectivity index (χ1v) is 8.29. The highest BCUT2D eigenvalue weighted by molar-refractivity contribution is 5.89. The van der Waals surface area contributed by atoms with Crippen LogP contribution in [0.1, 0.15) is 17.1 Å². The Kier molecular flexibility index (Phi) is 4.88. The van der Waals surface area contributed by atoms with Crippen LogP contribution in [0.3, 0.4) is 0 Å². The molecule has 0 unspecified atom stereocenters. The lowest BCUT2D eigenvalue weighted by atomic mass is 10.3. The molecule has 0 saturated carbocycles. The van der Waals surface area contributed by atoms with E-state index in [2.05, 4.69) is 15.6 Å². The van der Waals surface area contributed by atoms with Gasteiger partial charge in [-0.15, -0.1) is 0 Å². The number of amides is 2. The van der Waals surface area contributed by atoms with Crippen LogP contribution in [0.15, 0.2) is 53.3 Å². The van der Waals surface area contributed by atoms with Gasteiger partial charge in [-0.3, -0.25) is 14.5 Å². The average molecular weight is 351 g/mol. The molecule has 0 spiro atoms. The number of pyridine rings is 1. The van der Waals surface area contributed by atoms with Gasteiger partial charge in [0, 0.05) is 12.7 Å². The van der Waals surface area contributed by atoms with E-state index in [4.69, 9.17) is 0 Å². The minimum atomic E-state index is -0.445. The van der Waals surface area contributed by atoms with Crippen molar-refractivity contribution in [3.8, 4) is 5.69 Å². The molecule has 0 aliphatic carbocycles. The van der Waals surface area contributed by atoms with Crippen LogP contribution in [0.2, 0.25) is 0 Å². The fourth-order valence-corrected chi connectivity index (χ4v) is 2.74. The molecular weight excluding hydrogens is 330 g/mol. The highest BCUT2D eigenvalue weighted by Crippen LogP contribution is 2.13. The van der Waals surface area contributed by atoms with Crippen LogP contribution in [-0.4, -0.2) is 20.4 Å². The maximum Gasteiger partial charge on any atom is 0.319 e. The summed E-state index contributed by atoms with van der Waals surface area (Å²) < 4.78 is 3.24. The summed E-state index contributed by atoms with van der Waals surface area (Å²) in [7, 11) is 1.78. The molecule has 0 bridgehead atoms. The van der Waals surface area contributed by atoms with Gasteiger partial charge in [-0.05, 0) is 38.1 Å². The van der Waals surface area contributed by atoms with E-state index in [1.54, 1.807) is 18.7 Å². The fourth-order valence-electron chi connectivity index (χ4n) is 2.74. The van der Waals surface area contributed by atoms with Gasteiger partial charge in [-0.1, -0.05) is 24.3 Å². The lowest BCUT2D eigenvalue weighted by Gasteiger charge is -2.07. The Bertz CT molecular complexity index is 989. The van der Waals surface area contributed by atoms with Crippen LogP contribution >= 0.6 is 0 Å². The van der Waals surface area contributed by atoms with Gasteiger partial charge in [0.1, 0.15) is 5.69 Å². The number of hydrogen-bond donors (Lipinski definition) is 2. The van der Waals surface area contributed by atoms with Gasteiger partial charge < -0.3 is 10.6 Å². The van der Waals surface area contributed by atoms with Gasteiger partial charge >= 0.3 is 6.03 Å². The number of carbonyl (C=O) groups excluding carboxylic acids is 1. The van der Waals surface area contributed by atoms with E-state index < -0.39 is 6.03 Å². The molecule has 0 atom stereocenters. The summed E-state index contributed by atoms with van der Waals surface area (Å²) in [5.41, 5.74) is 3.02. The Morgan fingerprint density at radius 3 is 2.50 bits per heavy atom. The predicted octanol–water partition coefficient (Wildman–Crippen LogP) is 2.51. The van der Waals surface area contributed by atoms with Crippen molar-refractivity contribution >= 4 is 11.7 Å². The molecule has 7 nitrogen and oxygen atoms in total. The standard InChI is InChI=1S/C19H21N5O2/c1-13-8-7-9-15(21-13)12-20-19(26)22-17-14(2)23(3)24(18(17)25)16-10-5-4-6-11-16/h4-11H,12H2,1-3H3,(H2,20,22,26). The second-order valence-electron chi connectivity index (χ2n) is 6.01. The first kappa shape index (κ1) is 17.5. The van der Waals surface area contributed by atoms with Gasteiger partial charge in [-0.25, -0.2) is 9.48 Å². The summed E-state index contributed by atoms with van der Waals surface area (Å²) >= 11 is 0. The Morgan fingerprint density at radius 1 is 1.08 bits per heavy atom. The number of aryl methyl sites for hydroxylation is 1. The van der Waals surface area contributed by atoms with Crippen molar-refractivity contribution in [1.29, 1.82) is 0 Å². The molecule has 2 amide bonds. The monoisotopic (exact) mass is 351 g/mol. The van der Waals surface area contributed by atoms with E-state index in [9.17, 15) is 9.59 Å². The predicted molar refractivity (Wildman–Crippen MR) is 101 cm³/mol. The molecule has 0 aliphatic heterocycles. The Labute approximate surface area is 151 Å². The first-order chi connectivity index (χ1) is 12.5. The summed E-state index contributed by atoms with van der Waals surface area (Å²) in [6.07, 6.45) is 0. The molecule has 7 heteroatoms. The maximum atomic E-state index is 12.8. The van der Waals surface area contributed by atoms with E-state index in [0.717, 1.165) is 17.1 Å². The second-order valence-corrected chi connectivity index (χ2v) is 6.01. The number of para-hydroxylation sites is 1. The minimum Gasteiger partial charge on any atom is -0.332 e. The molecule has 0 fully saturated rings. The summed E-state index contributed by atoms with van der Waals surface area (Å²) in [6.45, 7) is 3.97. The van der Waals surface area contributed by atoms with Crippen molar-refractivity contribution in [2.45, 2.75) is 20.4 Å². The van der Waals surface area contributed by atoms with Crippen LogP contribution in [0.4, 0.5) is 10.5 Å². The quantitative estimate of drug-likeness (QED) is 0.758. The van der Waals surface area contributed by atoms with Crippen molar-refractivity contribution < 1.29 is 4.79 Å². The molecule has 2 N–H and O–H groups in total. The number of benzene rings is 1. The molecule has 3 aromatic rings. The number of urea groups is 1. The largest absolute Gasteiger partial charge is 0.332 e. The zero-order chi connectivity index (χ0) is 18.7. The van der Waals surface area contributed by atoms with Crippen molar-refractivity contribution in [2.24, 2.45) is 7.05 Å². The van der Waals surface area contributed by atoms with E-state index in [1.807, 2.05) is 55.5 Å². The van der Waals surface area contributed by atoms with Gasteiger partial charge in [0.05, 0.1) is 23.6 Å². The van der Waals surface area contributed by atoms with Crippen LogP contribution in [0.5, 0.6) is 0 Å². The van der Waals surface area contributed by atoms with Crippen molar-refractivity contribution in [1.82, 2.24) is 19.7 Å². The number of aromatic nitrogens is 3. The average Bonchev–Trinajstić information content (AvgIpc) is 2.84. The molecule has 0 aliphatic rings. The number of rotatable bonds is 4. The number of hydrogen-bond acceptors (Lipinski definition) is 3. The molecule has 2 heterocycles. The third-order valence-electron chi connectivity index (χ3n) is 4.17. The topological polar surface area (TPSA) is 81.0 Å². The van der Waals surface area contributed by atoms with Crippen LogP contribution in [0.25, 0.3) is 5.69 Å². The van der Waals surface area contributed by atoms with Crippen molar-refractivity contribution in [3.63, 3.8) is 0 Å². The van der Waals surface area contributed by atoms with E-state index in [1.165, 1.54) is 4.68 Å². The molecule has 26 heavy (non-hydrogen) atoms. The Hall–Kier alpha value is -3.35. The number of nitrogens with zero attached hydrogens (tertiary/aromatic N) is 3. The third-order valence-corrected chi connectivity index (χ3v) is 4.17. The molecule has 3 rings (SSSR count). The smallest absolute Gasteiger partial charge is 0.319 e.